The van der Waals surface area contributed by atoms with Gasteiger partial charge in [-0.3, -0.25) is 9.00 Å². The number of amides is 1. The molecule has 1 aliphatic heterocycles. The lowest BCUT2D eigenvalue weighted by molar-refractivity contribution is -0.118. The second-order valence-electron chi connectivity index (χ2n) is 5.20. The number of carbonyl (C=O) groups is 1. The molecule has 22 heavy (non-hydrogen) atoms. The third-order valence-corrected chi connectivity index (χ3v) is 4.66. The summed E-state index contributed by atoms with van der Waals surface area (Å²) in [6, 6.07) is 14.7. The first-order valence-electron chi connectivity index (χ1n) is 7.11. The van der Waals surface area contributed by atoms with Gasteiger partial charge in [0, 0.05) is 33.2 Å². The lowest BCUT2D eigenvalue weighted by Gasteiger charge is -2.25. The number of rotatable bonds is 3. The van der Waals surface area contributed by atoms with Crippen LogP contribution in [0.2, 0.25) is 0 Å². The molecule has 1 N–H and O–H groups in total. The Kier molecular flexibility index (Phi) is 4.24. The van der Waals surface area contributed by atoms with E-state index in [1.165, 1.54) is 0 Å². The van der Waals surface area contributed by atoms with Crippen LogP contribution in [0, 0.1) is 0 Å². The van der Waals surface area contributed by atoms with E-state index in [4.69, 9.17) is 4.74 Å². The zero-order valence-electron chi connectivity index (χ0n) is 12.2. The fourth-order valence-corrected chi connectivity index (χ4v) is 3.09. The van der Waals surface area contributed by atoms with Crippen molar-refractivity contribution in [3.63, 3.8) is 0 Å². The topological polar surface area (TPSA) is 55.4 Å². The van der Waals surface area contributed by atoms with Gasteiger partial charge < -0.3 is 10.1 Å². The molecule has 1 aliphatic rings. The van der Waals surface area contributed by atoms with Gasteiger partial charge in [-0.2, -0.15) is 0 Å². The van der Waals surface area contributed by atoms with Crippen LogP contribution in [0.4, 0.5) is 5.69 Å². The lowest BCUT2D eigenvalue weighted by atomic mass is 9.92. The third kappa shape index (κ3) is 3.04. The third-order valence-electron chi connectivity index (χ3n) is 3.73. The molecule has 3 rings (SSSR count). The molecule has 0 radical (unpaired) electrons. The Morgan fingerprint density at radius 2 is 1.91 bits per heavy atom. The zero-order chi connectivity index (χ0) is 15.5. The van der Waals surface area contributed by atoms with Crippen molar-refractivity contribution in [1.29, 1.82) is 0 Å². The number of hydrogen-bond donors (Lipinski definition) is 1. The largest absolute Gasteiger partial charge is 0.493 e. The van der Waals surface area contributed by atoms with Gasteiger partial charge in [0.2, 0.25) is 5.91 Å². The molecule has 0 bridgehead atoms. The maximum atomic E-state index is 12.5. The first-order valence-corrected chi connectivity index (χ1v) is 8.67. The molecule has 4 nitrogen and oxygen atoms in total. The van der Waals surface area contributed by atoms with Crippen molar-refractivity contribution >= 4 is 22.4 Å². The Labute approximate surface area is 132 Å². The predicted octanol–water partition coefficient (Wildman–Crippen LogP) is 2.93. The average Bonchev–Trinajstić information content (AvgIpc) is 2.54. The van der Waals surface area contributed by atoms with Crippen molar-refractivity contribution in [2.75, 3.05) is 18.2 Å². The highest BCUT2D eigenvalue weighted by atomic mass is 32.2. The minimum absolute atomic E-state index is 0.0406. The van der Waals surface area contributed by atoms with Crippen LogP contribution in [0.1, 0.15) is 17.9 Å². The number of para-hydroxylation sites is 1. The quantitative estimate of drug-likeness (QED) is 0.947. The Morgan fingerprint density at radius 3 is 2.64 bits per heavy atom. The number of anilines is 1. The van der Waals surface area contributed by atoms with E-state index in [1.807, 2.05) is 24.3 Å². The summed E-state index contributed by atoms with van der Waals surface area (Å²) in [6.45, 7) is 0.544. The maximum absolute atomic E-state index is 12.5. The number of fused-ring (bicyclic) bond motifs is 1. The monoisotopic (exact) mass is 315 g/mol. The van der Waals surface area contributed by atoms with Gasteiger partial charge in [0.25, 0.3) is 0 Å². The molecule has 0 saturated heterocycles. The van der Waals surface area contributed by atoms with E-state index in [9.17, 15) is 9.00 Å². The van der Waals surface area contributed by atoms with Crippen LogP contribution < -0.4 is 10.1 Å². The van der Waals surface area contributed by atoms with E-state index in [0.717, 1.165) is 16.2 Å². The average molecular weight is 315 g/mol. The van der Waals surface area contributed by atoms with E-state index in [0.29, 0.717) is 18.7 Å². The van der Waals surface area contributed by atoms with Crippen molar-refractivity contribution in [2.24, 2.45) is 0 Å². The second-order valence-corrected chi connectivity index (χ2v) is 6.57. The van der Waals surface area contributed by atoms with Crippen molar-refractivity contribution in [3.8, 4) is 5.75 Å². The highest BCUT2D eigenvalue weighted by molar-refractivity contribution is 7.84. The fraction of sp³-hybridized carbons (Fsp3) is 0.235. The van der Waals surface area contributed by atoms with Crippen molar-refractivity contribution in [2.45, 2.75) is 17.2 Å². The molecule has 0 spiro atoms. The summed E-state index contributed by atoms with van der Waals surface area (Å²) in [6.07, 6.45) is 2.30. The van der Waals surface area contributed by atoms with E-state index < -0.39 is 10.8 Å². The number of nitrogens with one attached hydrogen (secondary N) is 1. The Morgan fingerprint density at radius 1 is 1.18 bits per heavy atom. The van der Waals surface area contributed by atoms with Gasteiger partial charge in [0.05, 0.1) is 12.5 Å². The van der Waals surface area contributed by atoms with Crippen LogP contribution in [0.5, 0.6) is 5.75 Å². The first-order chi connectivity index (χ1) is 10.6. The Balaban J connectivity index is 1.76. The van der Waals surface area contributed by atoms with Gasteiger partial charge in [-0.05, 0) is 36.8 Å². The van der Waals surface area contributed by atoms with Crippen LogP contribution >= 0.6 is 0 Å². The van der Waals surface area contributed by atoms with Crippen molar-refractivity contribution in [3.05, 3.63) is 54.1 Å². The standard InChI is InChI=1S/C17H17NO3S/c1-22(20)13-8-6-12(7-9-13)18-17(19)15-10-11-21-16-5-3-2-4-14(15)16/h2-9,15H,10-11H2,1H3,(H,18,19)/t15-,22-/m0/s1. The predicted molar refractivity (Wildman–Crippen MR) is 86.7 cm³/mol. The molecular weight excluding hydrogens is 298 g/mol. The molecule has 0 unspecified atom stereocenters. The fourth-order valence-electron chi connectivity index (χ4n) is 2.57. The lowest BCUT2D eigenvalue weighted by Crippen LogP contribution is -2.26. The van der Waals surface area contributed by atoms with Crippen LogP contribution in [0.15, 0.2) is 53.4 Å². The van der Waals surface area contributed by atoms with Crippen LogP contribution in [-0.4, -0.2) is 23.0 Å². The SMILES string of the molecule is C[S@](=O)c1ccc(NC(=O)[C@H]2CCOc3ccccc32)cc1. The second kappa shape index (κ2) is 6.32. The van der Waals surface area contributed by atoms with Gasteiger partial charge in [-0.15, -0.1) is 0 Å². The normalized spacial score (nSPS) is 18.0. The van der Waals surface area contributed by atoms with Gasteiger partial charge in [-0.25, -0.2) is 0 Å². The summed E-state index contributed by atoms with van der Waals surface area (Å²) in [7, 11) is -1.01. The highest BCUT2D eigenvalue weighted by Gasteiger charge is 2.27. The van der Waals surface area contributed by atoms with E-state index >= 15 is 0 Å². The molecule has 114 valence electrons. The van der Waals surface area contributed by atoms with Gasteiger partial charge in [-0.1, -0.05) is 18.2 Å². The van der Waals surface area contributed by atoms with Crippen molar-refractivity contribution < 1.29 is 13.7 Å². The summed E-state index contributed by atoms with van der Waals surface area (Å²) >= 11 is 0. The summed E-state index contributed by atoms with van der Waals surface area (Å²) in [5, 5.41) is 2.93. The van der Waals surface area contributed by atoms with Crippen LogP contribution in [-0.2, 0) is 15.6 Å². The first kappa shape index (κ1) is 14.8. The molecule has 0 aliphatic carbocycles. The number of carbonyl (C=O) groups excluding carboxylic acids is 1. The molecule has 0 saturated carbocycles. The number of ether oxygens (including phenoxy) is 1. The zero-order valence-corrected chi connectivity index (χ0v) is 13.1. The molecule has 1 amide bonds. The summed E-state index contributed by atoms with van der Waals surface area (Å²) < 4.78 is 17.0. The highest BCUT2D eigenvalue weighted by Crippen LogP contribution is 2.34. The van der Waals surface area contributed by atoms with E-state index in [2.05, 4.69) is 5.32 Å². The van der Waals surface area contributed by atoms with Crippen LogP contribution in [0.3, 0.4) is 0 Å². The summed E-state index contributed by atoms with van der Waals surface area (Å²) in [5.41, 5.74) is 1.64. The number of hydrogen-bond acceptors (Lipinski definition) is 3. The van der Waals surface area contributed by atoms with Gasteiger partial charge in [0.15, 0.2) is 0 Å². The molecule has 2 atom stereocenters. The Bertz CT molecular complexity index is 712. The minimum atomic E-state index is -1.01. The van der Waals surface area contributed by atoms with E-state index in [-0.39, 0.29) is 11.8 Å². The molecular formula is C17H17NO3S. The maximum Gasteiger partial charge on any atom is 0.232 e. The molecule has 0 fully saturated rings. The summed E-state index contributed by atoms with van der Waals surface area (Å²) in [4.78, 5) is 13.3. The van der Waals surface area contributed by atoms with Gasteiger partial charge in [0.1, 0.15) is 5.75 Å². The molecule has 5 heteroatoms. The minimum Gasteiger partial charge on any atom is -0.493 e. The van der Waals surface area contributed by atoms with Crippen molar-refractivity contribution in [1.82, 2.24) is 0 Å². The summed E-state index contributed by atoms with van der Waals surface area (Å²) in [5.74, 6) is 0.539. The van der Waals surface area contributed by atoms with Crippen LogP contribution in [0.25, 0.3) is 0 Å². The molecule has 2 aromatic rings. The van der Waals surface area contributed by atoms with Gasteiger partial charge >= 0.3 is 0 Å². The molecule has 1 heterocycles. The smallest absolute Gasteiger partial charge is 0.232 e. The molecule has 2 aromatic carbocycles. The molecule has 0 aromatic heterocycles. The Hall–Kier alpha value is -2.14. The van der Waals surface area contributed by atoms with E-state index in [1.54, 1.807) is 30.5 Å². The number of benzene rings is 2.